The van der Waals surface area contributed by atoms with E-state index in [2.05, 4.69) is 16.1 Å². The highest BCUT2D eigenvalue weighted by Gasteiger charge is 2.39. The van der Waals surface area contributed by atoms with Gasteiger partial charge in [-0.1, -0.05) is 82.3 Å². The first kappa shape index (κ1) is 48.2. The van der Waals surface area contributed by atoms with Gasteiger partial charge in [-0.25, -0.2) is 19.8 Å². The van der Waals surface area contributed by atoms with Crippen LogP contribution in [0.2, 0.25) is 0 Å². The van der Waals surface area contributed by atoms with Crippen molar-refractivity contribution in [3.63, 3.8) is 0 Å². The second-order valence-corrected chi connectivity index (χ2v) is 17.5. The average Bonchev–Trinajstić information content (AvgIpc) is 3.19. The molecule has 0 spiro atoms. The third-order valence-electron chi connectivity index (χ3n) is 10.3. The number of hydrogen-bond donors (Lipinski definition) is 4. The number of carboxylic acid groups (broad SMARTS) is 1. The predicted octanol–water partition coefficient (Wildman–Crippen LogP) is 5.25. The molecule has 1 unspecified atom stereocenters. The molecule has 334 valence electrons. The van der Waals surface area contributed by atoms with E-state index in [1.54, 1.807) is 83.1 Å². The quantitative estimate of drug-likeness (QED) is 0.0766. The van der Waals surface area contributed by atoms with Crippen molar-refractivity contribution in [1.29, 1.82) is 0 Å². The van der Waals surface area contributed by atoms with Crippen LogP contribution in [0.4, 0.5) is 10.5 Å². The maximum atomic E-state index is 14.8. The van der Waals surface area contributed by atoms with Gasteiger partial charge in [0.15, 0.2) is 6.61 Å². The second-order valence-electron chi connectivity index (χ2n) is 17.5. The molecule has 0 saturated heterocycles. The van der Waals surface area contributed by atoms with Crippen molar-refractivity contribution in [3.8, 4) is 5.75 Å². The maximum Gasteiger partial charge on any atom is 0.407 e. The molecule has 4 rings (SSSR count). The summed E-state index contributed by atoms with van der Waals surface area (Å²) in [6.45, 7) is 11.7. The molecule has 1 aliphatic heterocycles. The van der Waals surface area contributed by atoms with Crippen LogP contribution in [0, 0.1) is 11.8 Å². The Morgan fingerprint density at radius 1 is 0.934 bits per heavy atom. The van der Waals surface area contributed by atoms with Gasteiger partial charge in [-0.05, 0) is 82.6 Å². The molecule has 2 aliphatic rings. The molecule has 4 amide bonds. The standard InChI is InChI=1S/C45H63N5O11/c1-28(2)22-34(42(55)56)47-41(54)36(24-31-16-12-9-13-17-31)50(48-33(23-30-14-10-8-11-15-30)40(53)43(57)60-29(3)4)38(51)20-21-49-35-25-32(18-19-37(35)59-27-39(49)52)26-46-44(58)61-45(5,6)7/h9,12-13,16-19,25,28-30,33-34,36,48H,8,10-11,14-15,20-24,26-27H2,1-7H3,(H,46,58)(H,47,54)(H,55,56)/t33?,34-,36-/m0/s1. The van der Waals surface area contributed by atoms with Crippen LogP contribution in [0.5, 0.6) is 5.75 Å². The topological polar surface area (TPSA) is 210 Å². The lowest BCUT2D eigenvalue weighted by Gasteiger charge is -2.37. The van der Waals surface area contributed by atoms with E-state index >= 15 is 0 Å². The second kappa shape index (κ2) is 22.4. The van der Waals surface area contributed by atoms with Crippen molar-refractivity contribution in [2.75, 3.05) is 18.1 Å². The van der Waals surface area contributed by atoms with Crippen molar-refractivity contribution < 1.29 is 52.9 Å². The van der Waals surface area contributed by atoms with Crippen LogP contribution in [0.25, 0.3) is 0 Å². The van der Waals surface area contributed by atoms with Crippen LogP contribution in [0.15, 0.2) is 48.5 Å². The summed E-state index contributed by atoms with van der Waals surface area (Å²) in [5, 5.41) is 16.5. The number of carbonyl (C=O) groups excluding carboxylic acids is 6. The molecular formula is C45H63N5O11. The molecule has 16 nitrogen and oxygen atoms in total. The number of fused-ring (bicyclic) bond motifs is 1. The van der Waals surface area contributed by atoms with E-state index in [9.17, 15) is 38.7 Å². The molecule has 0 aromatic heterocycles. The minimum atomic E-state index is -1.41. The number of Topliss-reactive ketones (excluding diaryl/α,β-unsaturated/α-hetero) is 1. The number of benzene rings is 2. The van der Waals surface area contributed by atoms with Crippen molar-refractivity contribution in [2.24, 2.45) is 11.8 Å². The minimum absolute atomic E-state index is 0.0318. The van der Waals surface area contributed by atoms with E-state index < -0.39 is 71.4 Å². The van der Waals surface area contributed by atoms with Crippen LogP contribution in [0.3, 0.4) is 0 Å². The van der Waals surface area contributed by atoms with Gasteiger partial charge < -0.3 is 34.9 Å². The number of anilines is 1. The van der Waals surface area contributed by atoms with Gasteiger partial charge in [0, 0.05) is 25.9 Å². The van der Waals surface area contributed by atoms with Crippen LogP contribution in [-0.4, -0.2) is 94.6 Å². The number of rotatable bonds is 20. The lowest BCUT2D eigenvalue weighted by atomic mass is 9.84. The number of carboxylic acids is 1. The van der Waals surface area contributed by atoms with E-state index in [1.165, 1.54) is 4.90 Å². The van der Waals surface area contributed by atoms with Gasteiger partial charge in [0.2, 0.25) is 11.8 Å². The molecule has 16 heteroatoms. The summed E-state index contributed by atoms with van der Waals surface area (Å²) < 4.78 is 16.4. The SMILES string of the molecule is CC(C)C[C@H](NC(=O)[C@H](Cc1ccccc1)N(NC(CC1CCCCC1)C(=O)C(=O)OC(C)C)C(=O)CCN1C(=O)COc2ccc(CNC(=O)OC(C)(C)C)cc21)C(=O)O. The Bertz CT molecular complexity index is 1860. The normalized spacial score (nSPS) is 15.8. The Kier molecular flexibility index (Phi) is 17.7. The molecule has 1 heterocycles. The van der Waals surface area contributed by atoms with Gasteiger partial charge in [0.25, 0.3) is 11.7 Å². The summed E-state index contributed by atoms with van der Waals surface area (Å²) in [6.07, 6.45) is 3.11. The fourth-order valence-corrected chi connectivity index (χ4v) is 7.41. The Balaban J connectivity index is 1.73. The molecule has 1 saturated carbocycles. The Labute approximate surface area is 358 Å². The third kappa shape index (κ3) is 15.2. The van der Waals surface area contributed by atoms with Crippen LogP contribution in [-0.2, 0) is 51.2 Å². The molecule has 1 fully saturated rings. The molecule has 4 N–H and O–H groups in total. The Morgan fingerprint density at radius 3 is 2.25 bits per heavy atom. The van der Waals surface area contributed by atoms with E-state index in [0.29, 0.717) is 22.6 Å². The van der Waals surface area contributed by atoms with Crippen molar-refractivity contribution in [2.45, 2.75) is 143 Å². The first-order valence-corrected chi connectivity index (χ1v) is 21.2. The van der Waals surface area contributed by atoms with Gasteiger partial charge >= 0.3 is 18.0 Å². The fourth-order valence-electron chi connectivity index (χ4n) is 7.41. The lowest BCUT2D eigenvalue weighted by molar-refractivity contribution is -0.160. The number of hydrazine groups is 1. The minimum Gasteiger partial charge on any atom is -0.482 e. The highest BCUT2D eigenvalue weighted by atomic mass is 16.6. The number of ketones is 1. The molecule has 0 radical (unpaired) electrons. The van der Waals surface area contributed by atoms with E-state index in [-0.39, 0.29) is 57.2 Å². The molecule has 0 bridgehead atoms. The van der Waals surface area contributed by atoms with Gasteiger partial charge in [-0.15, -0.1) is 0 Å². The fraction of sp³-hybridized carbons (Fsp3) is 0.578. The largest absolute Gasteiger partial charge is 0.482 e. The summed E-state index contributed by atoms with van der Waals surface area (Å²) in [5.74, 6) is -4.89. The molecule has 61 heavy (non-hydrogen) atoms. The highest BCUT2D eigenvalue weighted by Crippen LogP contribution is 2.34. The molecule has 1 aliphatic carbocycles. The van der Waals surface area contributed by atoms with Crippen molar-refractivity contribution in [1.82, 2.24) is 21.1 Å². The zero-order valence-electron chi connectivity index (χ0n) is 36.5. The van der Waals surface area contributed by atoms with Crippen LogP contribution < -0.4 is 25.7 Å². The number of nitrogens with zero attached hydrogens (tertiary/aromatic N) is 2. The maximum absolute atomic E-state index is 14.8. The van der Waals surface area contributed by atoms with Gasteiger partial charge in [0.05, 0.1) is 17.8 Å². The first-order chi connectivity index (χ1) is 28.8. The monoisotopic (exact) mass is 849 g/mol. The Morgan fingerprint density at radius 2 is 1.62 bits per heavy atom. The van der Waals surface area contributed by atoms with Gasteiger partial charge in [0.1, 0.15) is 23.4 Å². The number of hydrogen-bond acceptors (Lipinski definition) is 11. The van der Waals surface area contributed by atoms with Crippen molar-refractivity contribution in [3.05, 3.63) is 59.7 Å². The van der Waals surface area contributed by atoms with Crippen LogP contribution in [0.1, 0.15) is 111 Å². The molecule has 3 atom stereocenters. The Hall–Kier alpha value is -5.51. The van der Waals surface area contributed by atoms with Gasteiger partial charge in [-0.2, -0.15) is 0 Å². The lowest BCUT2D eigenvalue weighted by Crippen LogP contribution is -2.62. The number of carbonyl (C=O) groups is 7. The molecular weight excluding hydrogens is 787 g/mol. The molecule has 2 aromatic rings. The molecule has 2 aromatic carbocycles. The number of nitrogens with one attached hydrogen (secondary N) is 3. The summed E-state index contributed by atoms with van der Waals surface area (Å²) >= 11 is 0. The van der Waals surface area contributed by atoms with E-state index in [4.69, 9.17) is 14.2 Å². The van der Waals surface area contributed by atoms with Crippen LogP contribution >= 0.6 is 0 Å². The smallest absolute Gasteiger partial charge is 0.407 e. The number of ether oxygens (including phenoxy) is 3. The first-order valence-electron chi connectivity index (χ1n) is 21.2. The van der Waals surface area contributed by atoms with Gasteiger partial charge in [-0.3, -0.25) is 24.2 Å². The average molecular weight is 850 g/mol. The summed E-state index contributed by atoms with van der Waals surface area (Å²) in [4.78, 5) is 96.0. The number of amides is 4. The summed E-state index contributed by atoms with van der Waals surface area (Å²) in [6, 6.07) is 9.90. The third-order valence-corrected chi connectivity index (χ3v) is 10.3. The van der Waals surface area contributed by atoms with E-state index in [0.717, 1.165) is 37.1 Å². The predicted molar refractivity (Wildman–Crippen MR) is 226 cm³/mol. The number of alkyl carbamates (subject to hydrolysis) is 1. The van der Waals surface area contributed by atoms with E-state index in [1.807, 2.05) is 13.8 Å². The zero-order chi connectivity index (χ0) is 44.9. The highest BCUT2D eigenvalue weighted by molar-refractivity contribution is 6.35. The van der Waals surface area contributed by atoms with Crippen molar-refractivity contribution >= 4 is 47.2 Å². The zero-order valence-corrected chi connectivity index (χ0v) is 36.5. The number of aliphatic carboxylic acids is 1. The summed E-state index contributed by atoms with van der Waals surface area (Å²) in [7, 11) is 0. The number of esters is 1. The summed E-state index contributed by atoms with van der Waals surface area (Å²) in [5.41, 5.74) is 3.91.